The molecule has 1 aromatic rings. The number of methoxy groups -OCH3 is 1. The van der Waals surface area contributed by atoms with Crippen LogP contribution in [0.4, 0.5) is 5.69 Å². The van der Waals surface area contributed by atoms with Crippen LogP contribution < -0.4 is 9.64 Å². The van der Waals surface area contributed by atoms with Crippen LogP contribution in [0.5, 0.6) is 5.75 Å². The van der Waals surface area contributed by atoms with Gasteiger partial charge < -0.3 is 14.7 Å². The van der Waals surface area contributed by atoms with Gasteiger partial charge in [-0.3, -0.25) is 4.79 Å². The van der Waals surface area contributed by atoms with Gasteiger partial charge >= 0.3 is 5.97 Å². The van der Waals surface area contributed by atoms with Crippen molar-refractivity contribution < 1.29 is 14.6 Å². The quantitative estimate of drug-likeness (QED) is 0.908. The van der Waals surface area contributed by atoms with Crippen molar-refractivity contribution in [3.8, 4) is 5.75 Å². The molecule has 1 aliphatic heterocycles. The summed E-state index contributed by atoms with van der Waals surface area (Å²) in [7, 11) is 3.74. The Balaban J connectivity index is 2.10. The molecule has 4 nitrogen and oxygen atoms in total. The van der Waals surface area contributed by atoms with E-state index in [1.54, 1.807) is 7.11 Å². The van der Waals surface area contributed by atoms with E-state index in [1.807, 2.05) is 18.2 Å². The highest BCUT2D eigenvalue weighted by atomic mass is 16.5. The summed E-state index contributed by atoms with van der Waals surface area (Å²) < 4.78 is 5.31. The molecule has 2 aliphatic rings. The van der Waals surface area contributed by atoms with Gasteiger partial charge in [0.25, 0.3) is 0 Å². The third kappa shape index (κ3) is 2.37. The molecular formula is C17H23NO3. The monoisotopic (exact) mass is 289 g/mol. The molecule has 0 saturated heterocycles. The number of benzene rings is 1. The average molecular weight is 289 g/mol. The highest BCUT2D eigenvalue weighted by Crippen LogP contribution is 2.47. The van der Waals surface area contributed by atoms with Gasteiger partial charge in [0.2, 0.25) is 0 Å². The number of ether oxygens (including phenoxy) is 1. The first-order valence-electron chi connectivity index (χ1n) is 7.77. The van der Waals surface area contributed by atoms with Gasteiger partial charge in [-0.15, -0.1) is 0 Å². The summed E-state index contributed by atoms with van der Waals surface area (Å²) in [6, 6.07) is 6.12. The highest BCUT2D eigenvalue weighted by molar-refractivity contribution is 5.81. The standard InChI is InChI=1S/C17H23NO3/c1-18-14-7-5-3-4-6-12(14)16(17(19)20)13-9-8-11(21-2)10-15(13)18/h8-10,12,14,16H,3-7H2,1-2H3,(H,19,20). The van der Waals surface area contributed by atoms with Crippen molar-refractivity contribution >= 4 is 11.7 Å². The van der Waals surface area contributed by atoms with Crippen LogP contribution in [0.15, 0.2) is 18.2 Å². The number of carboxylic acid groups (broad SMARTS) is 1. The second-order valence-electron chi connectivity index (χ2n) is 6.22. The molecule has 21 heavy (non-hydrogen) atoms. The number of carboxylic acids is 1. The number of hydrogen-bond acceptors (Lipinski definition) is 3. The molecule has 3 rings (SSSR count). The Hall–Kier alpha value is -1.71. The molecule has 1 N–H and O–H groups in total. The van der Waals surface area contributed by atoms with Gasteiger partial charge in [-0.25, -0.2) is 0 Å². The lowest BCUT2D eigenvalue weighted by atomic mass is 9.74. The summed E-state index contributed by atoms with van der Waals surface area (Å²) in [6.45, 7) is 0. The minimum atomic E-state index is -0.689. The van der Waals surface area contributed by atoms with E-state index in [-0.39, 0.29) is 11.8 Å². The van der Waals surface area contributed by atoms with E-state index in [0.29, 0.717) is 6.04 Å². The Labute approximate surface area is 125 Å². The molecule has 1 saturated carbocycles. The molecule has 3 unspecified atom stereocenters. The zero-order valence-corrected chi connectivity index (χ0v) is 12.7. The zero-order valence-electron chi connectivity index (χ0n) is 12.7. The van der Waals surface area contributed by atoms with Crippen LogP contribution in [0.3, 0.4) is 0 Å². The van der Waals surface area contributed by atoms with Gasteiger partial charge in [-0.05, 0) is 30.4 Å². The van der Waals surface area contributed by atoms with Crippen LogP contribution in [0.1, 0.15) is 43.6 Å². The maximum atomic E-state index is 11.9. The number of aliphatic carboxylic acids is 1. The van der Waals surface area contributed by atoms with Crippen LogP contribution in [-0.4, -0.2) is 31.3 Å². The second kappa shape index (κ2) is 5.58. The van der Waals surface area contributed by atoms with Gasteiger partial charge in [0.15, 0.2) is 0 Å². The van der Waals surface area contributed by atoms with Gasteiger partial charge in [-0.1, -0.05) is 25.3 Å². The van der Waals surface area contributed by atoms with Gasteiger partial charge in [0, 0.05) is 24.8 Å². The fraction of sp³-hybridized carbons (Fsp3) is 0.588. The molecule has 0 bridgehead atoms. The maximum absolute atomic E-state index is 11.9. The normalized spacial score (nSPS) is 28.3. The Morgan fingerprint density at radius 2 is 2.05 bits per heavy atom. The van der Waals surface area contributed by atoms with Crippen molar-refractivity contribution in [3.63, 3.8) is 0 Å². The summed E-state index contributed by atoms with van der Waals surface area (Å²) in [5.41, 5.74) is 1.96. The molecule has 1 aliphatic carbocycles. The number of carbonyl (C=O) groups is 1. The van der Waals surface area contributed by atoms with Gasteiger partial charge in [0.1, 0.15) is 5.75 Å². The smallest absolute Gasteiger partial charge is 0.311 e. The van der Waals surface area contributed by atoms with Crippen LogP contribution in [-0.2, 0) is 4.79 Å². The summed E-state index contributed by atoms with van der Waals surface area (Å²) in [4.78, 5) is 14.2. The van der Waals surface area contributed by atoms with Crippen LogP contribution >= 0.6 is 0 Å². The number of rotatable bonds is 2. The molecule has 1 aromatic carbocycles. The summed E-state index contributed by atoms with van der Waals surface area (Å²) in [5, 5.41) is 9.78. The Morgan fingerprint density at radius 3 is 2.76 bits per heavy atom. The topological polar surface area (TPSA) is 49.8 Å². The van der Waals surface area contributed by atoms with Crippen LogP contribution in [0.2, 0.25) is 0 Å². The molecule has 3 atom stereocenters. The lowest BCUT2D eigenvalue weighted by Gasteiger charge is -2.44. The summed E-state index contributed by atoms with van der Waals surface area (Å²) >= 11 is 0. The zero-order chi connectivity index (χ0) is 15.0. The van der Waals surface area contributed by atoms with Crippen molar-refractivity contribution in [1.29, 1.82) is 0 Å². The third-order valence-corrected chi connectivity index (χ3v) is 5.18. The first-order chi connectivity index (χ1) is 10.1. The van der Waals surface area contributed by atoms with Crippen molar-refractivity contribution in [3.05, 3.63) is 23.8 Å². The molecule has 0 aromatic heterocycles. The minimum absolute atomic E-state index is 0.218. The average Bonchev–Trinajstić information content (AvgIpc) is 2.73. The van der Waals surface area contributed by atoms with Gasteiger partial charge in [-0.2, -0.15) is 0 Å². The summed E-state index contributed by atoms with van der Waals surface area (Å²) in [5.74, 6) is -0.0654. The van der Waals surface area contributed by atoms with E-state index in [0.717, 1.165) is 36.3 Å². The van der Waals surface area contributed by atoms with Crippen LogP contribution in [0.25, 0.3) is 0 Å². The lowest BCUT2D eigenvalue weighted by molar-refractivity contribution is -0.140. The third-order valence-electron chi connectivity index (χ3n) is 5.18. The molecule has 0 amide bonds. The largest absolute Gasteiger partial charge is 0.497 e. The van der Waals surface area contributed by atoms with Crippen molar-refractivity contribution in [1.82, 2.24) is 0 Å². The predicted octanol–water partition coefficient (Wildman–Crippen LogP) is 3.26. The first-order valence-corrected chi connectivity index (χ1v) is 7.77. The summed E-state index contributed by atoms with van der Waals surface area (Å²) in [6.07, 6.45) is 5.65. The Morgan fingerprint density at radius 1 is 1.29 bits per heavy atom. The first kappa shape index (κ1) is 14.2. The Kier molecular flexibility index (Phi) is 3.79. The SMILES string of the molecule is COc1ccc2c(c1)N(C)C1CCCCCC1C2C(=O)O. The van der Waals surface area contributed by atoms with Crippen molar-refractivity contribution in [2.75, 3.05) is 19.1 Å². The highest BCUT2D eigenvalue weighted by Gasteiger charge is 2.43. The van der Waals surface area contributed by atoms with E-state index < -0.39 is 5.97 Å². The lowest BCUT2D eigenvalue weighted by Crippen LogP contribution is -2.46. The molecule has 1 heterocycles. The fourth-order valence-electron chi connectivity index (χ4n) is 4.13. The minimum Gasteiger partial charge on any atom is -0.497 e. The molecule has 114 valence electrons. The number of fused-ring (bicyclic) bond motifs is 2. The van der Waals surface area contributed by atoms with E-state index >= 15 is 0 Å². The van der Waals surface area contributed by atoms with E-state index in [4.69, 9.17) is 4.74 Å². The van der Waals surface area contributed by atoms with Crippen molar-refractivity contribution in [2.45, 2.75) is 44.1 Å². The fourth-order valence-corrected chi connectivity index (χ4v) is 4.13. The molecule has 0 radical (unpaired) electrons. The molecule has 4 heteroatoms. The number of nitrogens with zero attached hydrogens (tertiary/aromatic N) is 1. The predicted molar refractivity (Wildman–Crippen MR) is 82.1 cm³/mol. The maximum Gasteiger partial charge on any atom is 0.311 e. The van der Waals surface area contributed by atoms with Crippen molar-refractivity contribution in [2.24, 2.45) is 5.92 Å². The number of anilines is 1. The molecule has 1 fully saturated rings. The van der Waals surface area contributed by atoms with Gasteiger partial charge in [0.05, 0.1) is 13.0 Å². The number of hydrogen-bond donors (Lipinski definition) is 1. The molecule has 0 spiro atoms. The Bertz CT molecular complexity index is 543. The van der Waals surface area contributed by atoms with Crippen LogP contribution in [0, 0.1) is 5.92 Å². The van der Waals surface area contributed by atoms with E-state index in [1.165, 1.54) is 12.8 Å². The van der Waals surface area contributed by atoms with E-state index in [9.17, 15) is 9.90 Å². The molecular weight excluding hydrogens is 266 g/mol. The second-order valence-corrected chi connectivity index (χ2v) is 6.22. The van der Waals surface area contributed by atoms with E-state index in [2.05, 4.69) is 11.9 Å².